The third-order valence-corrected chi connectivity index (χ3v) is 3.46. The molecule has 1 atom stereocenters. The van der Waals surface area contributed by atoms with Crippen LogP contribution in [0, 0.1) is 0 Å². The first-order chi connectivity index (χ1) is 9.57. The molecule has 1 unspecified atom stereocenters. The molecule has 0 aliphatic heterocycles. The molecule has 0 saturated carbocycles. The second-order valence-corrected chi connectivity index (χ2v) is 5.97. The van der Waals surface area contributed by atoms with Gasteiger partial charge in [-0.25, -0.2) is 4.79 Å². The van der Waals surface area contributed by atoms with Crippen LogP contribution in [-0.4, -0.2) is 23.3 Å². The van der Waals surface area contributed by atoms with Gasteiger partial charge < -0.3 is 9.84 Å². The first-order valence-electron chi connectivity index (χ1n) is 8.46. The Morgan fingerprint density at radius 1 is 0.900 bits per heavy atom. The van der Waals surface area contributed by atoms with Gasteiger partial charge in [0, 0.05) is 0 Å². The van der Waals surface area contributed by atoms with Crippen molar-refractivity contribution in [3.05, 3.63) is 0 Å². The number of aliphatic hydroxyl groups is 1. The van der Waals surface area contributed by atoms with E-state index in [0.717, 1.165) is 12.8 Å². The Morgan fingerprint density at radius 3 is 1.80 bits per heavy atom. The minimum Gasteiger partial charge on any atom is -0.461 e. The second-order valence-electron chi connectivity index (χ2n) is 5.97. The lowest BCUT2D eigenvalue weighted by atomic mass is 10.0. The van der Waals surface area contributed by atoms with Gasteiger partial charge in [0.15, 0.2) is 6.10 Å². The fourth-order valence-electron chi connectivity index (χ4n) is 2.25. The molecule has 0 spiro atoms. The molecule has 0 rings (SSSR count). The number of hydrogen-bond acceptors (Lipinski definition) is 3. The molecule has 0 amide bonds. The van der Waals surface area contributed by atoms with Gasteiger partial charge in [-0.15, -0.1) is 0 Å². The van der Waals surface area contributed by atoms with Crippen LogP contribution >= 0.6 is 0 Å². The van der Waals surface area contributed by atoms with E-state index in [9.17, 15) is 9.90 Å². The van der Waals surface area contributed by atoms with E-state index < -0.39 is 12.1 Å². The van der Waals surface area contributed by atoms with E-state index in [1.54, 1.807) is 13.8 Å². The molecule has 3 heteroatoms. The molecule has 1 N–H and O–H groups in total. The molecule has 0 aromatic rings. The molecule has 0 heterocycles. The standard InChI is InChI=1S/C17H34O3/c1-4-5-6-7-8-9-10-11-12-13-14-16(18)17(19)20-15(2)3/h15-16,18H,4-14H2,1-3H3. The Balaban J connectivity index is 3.29. The fourth-order valence-corrected chi connectivity index (χ4v) is 2.25. The van der Waals surface area contributed by atoms with E-state index in [-0.39, 0.29) is 6.10 Å². The van der Waals surface area contributed by atoms with Gasteiger partial charge in [-0.05, 0) is 20.3 Å². The van der Waals surface area contributed by atoms with Crippen molar-refractivity contribution < 1.29 is 14.6 Å². The SMILES string of the molecule is CCCCCCCCCCCCC(O)C(=O)OC(C)C. The van der Waals surface area contributed by atoms with Gasteiger partial charge >= 0.3 is 5.97 Å². The third-order valence-electron chi connectivity index (χ3n) is 3.46. The summed E-state index contributed by atoms with van der Waals surface area (Å²) in [5.74, 6) is -0.476. The van der Waals surface area contributed by atoms with E-state index in [2.05, 4.69) is 6.92 Å². The van der Waals surface area contributed by atoms with Crippen molar-refractivity contribution in [2.45, 2.75) is 104 Å². The largest absolute Gasteiger partial charge is 0.461 e. The highest BCUT2D eigenvalue weighted by Crippen LogP contribution is 2.12. The summed E-state index contributed by atoms with van der Waals surface area (Å²) in [6, 6.07) is 0. The molecular formula is C17H34O3. The van der Waals surface area contributed by atoms with E-state index in [1.807, 2.05) is 0 Å². The maximum atomic E-state index is 11.4. The highest BCUT2D eigenvalue weighted by molar-refractivity contribution is 5.74. The molecule has 0 aromatic carbocycles. The Bertz CT molecular complexity index is 226. The minimum atomic E-state index is -0.938. The van der Waals surface area contributed by atoms with Crippen LogP contribution in [0.25, 0.3) is 0 Å². The summed E-state index contributed by atoms with van der Waals surface area (Å²) in [6.45, 7) is 5.83. The molecule has 20 heavy (non-hydrogen) atoms. The maximum Gasteiger partial charge on any atom is 0.335 e. The first kappa shape index (κ1) is 19.4. The Kier molecular flexibility index (Phi) is 13.0. The molecule has 0 aliphatic rings. The van der Waals surface area contributed by atoms with Crippen LogP contribution in [0.4, 0.5) is 0 Å². The summed E-state index contributed by atoms with van der Waals surface area (Å²) in [6.07, 6.45) is 12.0. The summed E-state index contributed by atoms with van der Waals surface area (Å²) in [4.78, 5) is 11.4. The van der Waals surface area contributed by atoms with E-state index in [1.165, 1.54) is 51.4 Å². The number of rotatable bonds is 13. The van der Waals surface area contributed by atoms with Crippen LogP contribution in [0.1, 0.15) is 91.4 Å². The van der Waals surface area contributed by atoms with Crippen LogP contribution in [0.15, 0.2) is 0 Å². The molecule has 0 aliphatic carbocycles. The molecular weight excluding hydrogens is 252 g/mol. The Morgan fingerprint density at radius 2 is 1.35 bits per heavy atom. The van der Waals surface area contributed by atoms with Gasteiger partial charge in [0.05, 0.1) is 6.10 Å². The molecule has 0 saturated heterocycles. The van der Waals surface area contributed by atoms with Crippen LogP contribution in [0.5, 0.6) is 0 Å². The summed E-state index contributed by atoms with van der Waals surface area (Å²) >= 11 is 0. The number of hydrogen-bond donors (Lipinski definition) is 1. The normalized spacial score (nSPS) is 12.7. The monoisotopic (exact) mass is 286 g/mol. The lowest BCUT2D eigenvalue weighted by molar-refractivity contribution is -0.157. The second kappa shape index (κ2) is 13.4. The van der Waals surface area contributed by atoms with Crippen LogP contribution in [-0.2, 0) is 9.53 Å². The van der Waals surface area contributed by atoms with E-state index in [0.29, 0.717) is 6.42 Å². The summed E-state index contributed by atoms with van der Waals surface area (Å²) in [5.41, 5.74) is 0. The summed E-state index contributed by atoms with van der Waals surface area (Å²) < 4.78 is 4.97. The van der Waals surface area contributed by atoms with Crippen molar-refractivity contribution in [2.24, 2.45) is 0 Å². The molecule has 0 radical (unpaired) electrons. The van der Waals surface area contributed by atoms with Crippen molar-refractivity contribution in [1.82, 2.24) is 0 Å². The highest BCUT2D eigenvalue weighted by Gasteiger charge is 2.16. The topological polar surface area (TPSA) is 46.5 Å². The number of ether oxygens (including phenoxy) is 1. The number of unbranched alkanes of at least 4 members (excludes halogenated alkanes) is 9. The fraction of sp³-hybridized carbons (Fsp3) is 0.941. The smallest absolute Gasteiger partial charge is 0.335 e. The molecule has 3 nitrogen and oxygen atoms in total. The zero-order valence-electron chi connectivity index (χ0n) is 13.7. The Hall–Kier alpha value is -0.570. The lowest BCUT2D eigenvalue weighted by Gasteiger charge is -2.12. The predicted octanol–water partition coefficient (Wildman–Crippen LogP) is 4.61. The van der Waals surface area contributed by atoms with Crippen LogP contribution < -0.4 is 0 Å². The number of aliphatic hydroxyl groups excluding tert-OH is 1. The molecule has 0 fully saturated rings. The van der Waals surface area contributed by atoms with E-state index in [4.69, 9.17) is 4.74 Å². The van der Waals surface area contributed by atoms with Crippen molar-refractivity contribution in [1.29, 1.82) is 0 Å². The lowest BCUT2D eigenvalue weighted by Crippen LogP contribution is -2.25. The third kappa shape index (κ3) is 12.5. The minimum absolute atomic E-state index is 0.148. The van der Waals surface area contributed by atoms with Gasteiger partial charge in [-0.3, -0.25) is 0 Å². The van der Waals surface area contributed by atoms with E-state index >= 15 is 0 Å². The molecule has 0 bridgehead atoms. The van der Waals surface area contributed by atoms with Gasteiger partial charge in [0.1, 0.15) is 0 Å². The number of carbonyl (C=O) groups is 1. The van der Waals surface area contributed by atoms with Crippen molar-refractivity contribution in [2.75, 3.05) is 0 Å². The van der Waals surface area contributed by atoms with Crippen LogP contribution in [0.3, 0.4) is 0 Å². The zero-order chi connectivity index (χ0) is 15.2. The molecule has 120 valence electrons. The quantitative estimate of drug-likeness (QED) is 0.397. The van der Waals surface area contributed by atoms with Gasteiger partial charge in [-0.1, -0.05) is 71.1 Å². The number of carbonyl (C=O) groups excluding carboxylic acids is 1. The van der Waals surface area contributed by atoms with Gasteiger partial charge in [0.2, 0.25) is 0 Å². The first-order valence-corrected chi connectivity index (χ1v) is 8.46. The Labute approximate surface area is 125 Å². The van der Waals surface area contributed by atoms with Crippen molar-refractivity contribution >= 4 is 5.97 Å². The van der Waals surface area contributed by atoms with Crippen LogP contribution in [0.2, 0.25) is 0 Å². The average molecular weight is 286 g/mol. The summed E-state index contributed by atoms with van der Waals surface area (Å²) in [7, 11) is 0. The zero-order valence-corrected chi connectivity index (χ0v) is 13.7. The van der Waals surface area contributed by atoms with Crippen molar-refractivity contribution in [3.63, 3.8) is 0 Å². The predicted molar refractivity (Wildman–Crippen MR) is 83.7 cm³/mol. The van der Waals surface area contributed by atoms with Gasteiger partial charge in [-0.2, -0.15) is 0 Å². The highest BCUT2D eigenvalue weighted by atomic mass is 16.6. The van der Waals surface area contributed by atoms with Crippen molar-refractivity contribution in [3.8, 4) is 0 Å². The number of esters is 1. The average Bonchev–Trinajstić information content (AvgIpc) is 2.39. The summed E-state index contributed by atoms with van der Waals surface area (Å²) in [5, 5.41) is 9.62. The van der Waals surface area contributed by atoms with Gasteiger partial charge in [0.25, 0.3) is 0 Å². The molecule has 0 aromatic heterocycles. The maximum absolute atomic E-state index is 11.4.